The van der Waals surface area contributed by atoms with E-state index in [9.17, 15) is 18.4 Å². The predicted octanol–water partition coefficient (Wildman–Crippen LogP) is 5.22. The molecule has 3 aromatic carbocycles. The first-order chi connectivity index (χ1) is 16.5. The third kappa shape index (κ3) is 5.66. The van der Waals surface area contributed by atoms with Crippen LogP contribution in [0.1, 0.15) is 36.0 Å². The van der Waals surface area contributed by atoms with Crippen molar-refractivity contribution in [2.24, 2.45) is 0 Å². The quantitative estimate of drug-likeness (QED) is 0.235. The summed E-state index contributed by atoms with van der Waals surface area (Å²) in [5.41, 5.74) is 2.57. The van der Waals surface area contributed by atoms with Crippen LogP contribution in [0, 0.1) is 0 Å². The molecule has 172 valence electrons. The van der Waals surface area contributed by atoms with E-state index in [4.69, 9.17) is 0 Å². The van der Waals surface area contributed by atoms with Gasteiger partial charge in [0.1, 0.15) is 4.88 Å². The maximum Gasteiger partial charge on any atom is 0.205 e. The van der Waals surface area contributed by atoms with E-state index in [-0.39, 0.29) is 33.4 Å². The fraction of sp³-hybridized carbons (Fsp3) is 0.0769. The van der Waals surface area contributed by atoms with Crippen LogP contribution in [0.25, 0.3) is 0 Å². The number of nitrogens with one attached hydrogen (secondary N) is 2. The van der Waals surface area contributed by atoms with Crippen molar-refractivity contribution in [3.63, 3.8) is 0 Å². The van der Waals surface area contributed by atoms with E-state index in [1.54, 1.807) is 24.3 Å². The third-order valence-corrected chi connectivity index (χ3v) is 6.71. The average Bonchev–Trinajstić information content (AvgIpc) is 3.21. The number of hydrogen-bond acceptors (Lipinski definition) is 6. The standard InChI is InChI=1S/C26H22N2O4S2/c29-21(16-18-10-4-1-5-11-18)25-23(28-34(31)32)22(27-17-19-12-6-2-7-13-19)26(33-25)24(30)20-14-8-3-9-15-20/h1-15,27-28H,16-17H2,(H,31,32)/p-1. The van der Waals surface area contributed by atoms with Crippen molar-refractivity contribution in [2.45, 2.75) is 13.0 Å². The van der Waals surface area contributed by atoms with Crippen LogP contribution in [0.2, 0.25) is 0 Å². The Balaban J connectivity index is 1.78. The molecule has 4 rings (SSSR count). The molecule has 0 aliphatic carbocycles. The molecule has 8 heteroatoms. The lowest BCUT2D eigenvalue weighted by Gasteiger charge is -2.14. The van der Waals surface area contributed by atoms with Gasteiger partial charge >= 0.3 is 0 Å². The van der Waals surface area contributed by atoms with Gasteiger partial charge in [0.15, 0.2) is 5.78 Å². The van der Waals surface area contributed by atoms with Crippen LogP contribution >= 0.6 is 11.3 Å². The monoisotopic (exact) mass is 489 g/mol. The fourth-order valence-corrected chi connectivity index (χ4v) is 5.07. The van der Waals surface area contributed by atoms with Gasteiger partial charge in [-0.2, -0.15) is 0 Å². The van der Waals surface area contributed by atoms with Gasteiger partial charge in [0.05, 0.1) is 16.3 Å². The lowest BCUT2D eigenvalue weighted by molar-refractivity contribution is 0.0996. The van der Waals surface area contributed by atoms with Crippen molar-refractivity contribution >= 4 is 45.5 Å². The number of rotatable bonds is 10. The normalized spacial score (nSPS) is 11.6. The molecule has 0 saturated carbocycles. The molecule has 1 aromatic heterocycles. The van der Waals surface area contributed by atoms with Crippen molar-refractivity contribution in [2.75, 3.05) is 10.0 Å². The number of benzene rings is 3. The maximum atomic E-state index is 13.4. The Kier molecular flexibility index (Phi) is 7.64. The minimum Gasteiger partial charge on any atom is -0.755 e. The van der Waals surface area contributed by atoms with Crippen molar-refractivity contribution in [3.8, 4) is 0 Å². The first-order valence-corrected chi connectivity index (χ1v) is 12.4. The number of anilines is 2. The Morgan fingerprint density at radius 2 is 1.32 bits per heavy atom. The molecule has 0 bridgehead atoms. The molecule has 2 N–H and O–H groups in total. The summed E-state index contributed by atoms with van der Waals surface area (Å²) in [7, 11) is 0. The topological polar surface area (TPSA) is 98.3 Å². The Hall–Kier alpha value is -3.59. The van der Waals surface area contributed by atoms with E-state index in [1.165, 1.54) is 0 Å². The highest BCUT2D eigenvalue weighted by Gasteiger charge is 2.27. The highest BCUT2D eigenvalue weighted by molar-refractivity contribution is 7.80. The van der Waals surface area contributed by atoms with Gasteiger partial charge in [-0.15, -0.1) is 11.3 Å². The van der Waals surface area contributed by atoms with Crippen LogP contribution in [0.3, 0.4) is 0 Å². The Morgan fingerprint density at radius 3 is 1.91 bits per heavy atom. The molecule has 0 aliphatic rings. The number of carbonyl (C=O) groups excluding carboxylic acids is 2. The van der Waals surface area contributed by atoms with Crippen molar-refractivity contribution in [3.05, 3.63) is 117 Å². The molecule has 34 heavy (non-hydrogen) atoms. The third-order valence-electron chi connectivity index (χ3n) is 5.11. The molecule has 1 heterocycles. The molecule has 0 radical (unpaired) electrons. The van der Waals surface area contributed by atoms with E-state index in [0.29, 0.717) is 17.8 Å². The second-order valence-corrected chi connectivity index (χ2v) is 9.16. The zero-order valence-electron chi connectivity index (χ0n) is 18.0. The molecule has 0 amide bonds. The van der Waals surface area contributed by atoms with Gasteiger partial charge in [0.25, 0.3) is 0 Å². The molecule has 0 saturated heterocycles. The predicted molar refractivity (Wildman–Crippen MR) is 135 cm³/mol. The van der Waals surface area contributed by atoms with Gasteiger partial charge in [-0.1, -0.05) is 91.0 Å². The summed E-state index contributed by atoms with van der Waals surface area (Å²) in [6.07, 6.45) is 0.0820. The Morgan fingerprint density at radius 1 is 0.765 bits per heavy atom. The lowest BCUT2D eigenvalue weighted by Crippen LogP contribution is -2.11. The smallest absolute Gasteiger partial charge is 0.205 e. The van der Waals surface area contributed by atoms with Gasteiger partial charge in [-0.3, -0.25) is 13.8 Å². The number of ketones is 2. The van der Waals surface area contributed by atoms with Crippen LogP contribution in [-0.4, -0.2) is 20.3 Å². The second kappa shape index (κ2) is 11.0. The zero-order valence-corrected chi connectivity index (χ0v) is 19.7. The fourth-order valence-electron chi connectivity index (χ4n) is 3.51. The minimum absolute atomic E-state index is 0.0820. The van der Waals surface area contributed by atoms with Crippen LogP contribution < -0.4 is 10.0 Å². The summed E-state index contributed by atoms with van der Waals surface area (Å²) in [6.45, 7) is 0.346. The summed E-state index contributed by atoms with van der Waals surface area (Å²) in [5.74, 6) is -0.571. The van der Waals surface area contributed by atoms with E-state index in [0.717, 1.165) is 22.5 Å². The average molecular weight is 490 g/mol. The van der Waals surface area contributed by atoms with Gasteiger partial charge in [-0.25, -0.2) is 0 Å². The van der Waals surface area contributed by atoms with E-state index in [2.05, 4.69) is 10.0 Å². The molecule has 1 atom stereocenters. The number of hydrogen-bond donors (Lipinski definition) is 2. The molecular weight excluding hydrogens is 468 g/mol. The minimum atomic E-state index is -2.69. The van der Waals surface area contributed by atoms with E-state index >= 15 is 0 Å². The summed E-state index contributed by atoms with van der Waals surface area (Å²) in [6, 6.07) is 27.4. The molecule has 0 aliphatic heterocycles. The molecule has 6 nitrogen and oxygen atoms in total. The number of carbonyl (C=O) groups is 2. The Labute approximate surface area is 204 Å². The van der Waals surface area contributed by atoms with Crippen LogP contribution in [0.4, 0.5) is 11.4 Å². The van der Waals surface area contributed by atoms with Crippen LogP contribution in [-0.2, 0) is 24.2 Å². The second-order valence-electron chi connectivity index (χ2n) is 7.47. The van der Waals surface area contributed by atoms with Crippen LogP contribution in [0.15, 0.2) is 91.0 Å². The SMILES string of the molecule is O=C(Cc1ccccc1)c1sc(C(=O)c2ccccc2)c(NCc2ccccc2)c1NS(=O)[O-]. The van der Waals surface area contributed by atoms with E-state index < -0.39 is 11.3 Å². The summed E-state index contributed by atoms with van der Waals surface area (Å²) >= 11 is -1.69. The molecule has 0 spiro atoms. The number of Topliss-reactive ketones (excluding diaryl/α,β-unsaturated/α-hetero) is 1. The van der Waals surface area contributed by atoms with Gasteiger partial charge in [0, 0.05) is 29.8 Å². The first kappa shape index (κ1) is 23.6. The van der Waals surface area contributed by atoms with Crippen molar-refractivity contribution < 1.29 is 18.4 Å². The molecule has 4 aromatic rings. The summed E-state index contributed by atoms with van der Waals surface area (Å²) in [4.78, 5) is 27.1. The van der Waals surface area contributed by atoms with Crippen molar-refractivity contribution in [1.82, 2.24) is 0 Å². The Bertz CT molecular complexity index is 1310. The summed E-state index contributed by atoms with van der Waals surface area (Å²) < 4.78 is 25.7. The molecule has 1 unspecified atom stereocenters. The van der Waals surface area contributed by atoms with E-state index in [1.807, 2.05) is 66.7 Å². The number of thiophene rings is 1. The first-order valence-electron chi connectivity index (χ1n) is 10.5. The maximum absolute atomic E-state index is 13.4. The highest BCUT2D eigenvalue weighted by atomic mass is 32.2. The molecular formula is C26H21N2O4S2-. The van der Waals surface area contributed by atoms with Crippen LogP contribution in [0.5, 0.6) is 0 Å². The van der Waals surface area contributed by atoms with Gasteiger partial charge in [0.2, 0.25) is 5.78 Å². The lowest BCUT2D eigenvalue weighted by atomic mass is 10.1. The van der Waals surface area contributed by atoms with Gasteiger partial charge < -0.3 is 14.6 Å². The van der Waals surface area contributed by atoms with Gasteiger partial charge in [-0.05, 0) is 11.1 Å². The summed E-state index contributed by atoms with van der Waals surface area (Å²) in [5, 5.41) is 3.19. The largest absolute Gasteiger partial charge is 0.755 e. The zero-order chi connectivity index (χ0) is 23.9. The van der Waals surface area contributed by atoms with Crippen molar-refractivity contribution in [1.29, 1.82) is 0 Å². The molecule has 0 fully saturated rings. The highest BCUT2D eigenvalue weighted by Crippen LogP contribution is 2.41.